The number of Topliss-reactive ketones (excluding diaryl/α,β-unsaturated/α-hetero) is 1. The lowest BCUT2D eigenvalue weighted by molar-refractivity contribution is -0.119. The van der Waals surface area contributed by atoms with E-state index in [0.717, 1.165) is 12.0 Å². The molecule has 0 saturated carbocycles. The third-order valence-electron chi connectivity index (χ3n) is 2.83. The maximum absolute atomic E-state index is 11.7. The van der Waals surface area contributed by atoms with E-state index in [4.69, 9.17) is 4.74 Å². The molecule has 0 aromatic heterocycles. The molecule has 0 fully saturated rings. The van der Waals surface area contributed by atoms with Crippen LogP contribution in [0.5, 0.6) is 0 Å². The molecule has 0 aliphatic heterocycles. The van der Waals surface area contributed by atoms with Crippen LogP contribution in [0.25, 0.3) is 0 Å². The topological polar surface area (TPSA) is 72.5 Å². The molecule has 0 aliphatic carbocycles. The molecule has 0 spiro atoms. The fourth-order valence-electron chi connectivity index (χ4n) is 1.81. The fraction of sp³-hybridized carbons (Fsp3) is 0.438. The zero-order valence-electron chi connectivity index (χ0n) is 12.5. The van der Waals surface area contributed by atoms with Crippen molar-refractivity contribution in [3.63, 3.8) is 0 Å². The van der Waals surface area contributed by atoms with Gasteiger partial charge in [0.1, 0.15) is 12.4 Å². The average molecular weight is 291 g/mol. The summed E-state index contributed by atoms with van der Waals surface area (Å²) in [7, 11) is 0. The molecule has 114 valence electrons. The minimum atomic E-state index is -0.438. The highest BCUT2D eigenvalue weighted by Gasteiger charge is 2.08. The molecule has 1 aromatic rings. The summed E-state index contributed by atoms with van der Waals surface area (Å²) in [5.41, 5.74) is 1.33. The number of amides is 1. The molecule has 5 heteroatoms. The summed E-state index contributed by atoms with van der Waals surface area (Å²) < 4.78 is 5.02. The Bertz CT molecular complexity index is 494. The molecule has 1 amide bonds. The maximum atomic E-state index is 11.7. The van der Waals surface area contributed by atoms with Gasteiger partial charge in [0.05, 0.1) is 12.1 Å². The van der Waals surface area contributed by atoms with Crippen LogP contribution in [0.3, 0.4) is 0 Å². The number of hydrogen-bond donors (Lipinski definition) is 1. The first-order valence-electron chi connectivity index (χ1n) is 7.05. The zero-order chi connectivity index (χ0) is 15.7. The van der Waals surface area contributed by atoms with E-state index >= 15 is 0 Å². The minimum Gasteiger partial charge on any atom is -0.460 e. The van der Waals surface area contributed by atoms with Crippen molar-refractivity contribution < 1.29 is 19.1 Å². The number of carbonyl (C=O) groups excluding carboxylic acids is 3. The largest absolute Gasteiger partial charge is 0.460 e. The summed E-state index contributed by atoms with van der Waals surface area (Å²) in [5.74, 6) is -0.401. The van der Waals surface area contributed by atoms with Gasteiger partial charge in [0.25, 0.3) is 0 Å². The van der Waals surface area contributed by atoms with Crippen LogP contribution in [0.4, 0.5) is 0 Å². The lowest BCUT2D eigenvalue weighted by Gasteiger charge is -2.06. The third kappa shape index (κ3) is 6.70. The van der Waals surface area contributed by atoms with Crippen LogP contribution >= 0.6 is 0 Å². The lowest BCUT2D eigenvalue weighted by Crippen LogP contribution is -2.25. The average Bonchev–Trinajstić information content (AvgIpc) is 2.44. The van der Waals surface area contributed by atoms with Crippen molar-refractivity contribution >= 4 is 17.7 Å². The number of ether oxygens (including phenoxy) is 1. The fourth-order valence-corrected chi connectivity index (χ4v) is 1.81. The maximum Gasteiger partial charge on any atom is 0.338 e. The molecule has 1 rings (SSSR count). The van der Waals surface area contributed by atoms with Gasteiger partial charge in [-0.15, -0.1) is 0 Å². The first-order chi connectivity index (χ1) is 10.0. The Morgan fingerprint density at radius 3 is 2.38 bits per heavy atom. The molecule has 0 bridgehead atoms. The summed E-state index contributed by atoms with van der Waals surface area (Å²) in [6.07, 6.45) is 1.82. The number of rotatable bonds is 8. The number of nitrogens with one attached hydrogen (secondary N) is 1. The van der Waals surface area contributed by atoms with Crippen molar-refractivity contribution in [1.82, 2.24) is 5.32 Å². The van der Waals surface area contributed by atoms with Crippen LogP contribution < -0.4 is 5.32 Å². The van der Waals surface area contributed by atoms with E-state index in [1.807, 2.05) is 6.92 Å². The summed E-state index contributed by atoms with van der Waals surface area (Å²) >= 11 is 0. The van der Waals surface area contributed by atoms with Gasteiger partial charge >= 0.3 is 5.97 Å². The monoisotopic (exact) mass is 291 g/mol. The van der Waals surface area contributed by atoms with Gasteiger partial charge in [-0.3, -0.25) is 9.59 Å². The number of benzene rings is 1. The van der Waals surface area contributed by atoms with E-state index in [-0.39, 0.29) is 18.3 Å². The van der Waals surface area contributed by atoms with Crippen molar-refractivity contribution in [2.45, 2.75) is 33.1 Å². The second-order valence-corrected chi connectivity index (χ2v) is 4.78. The highest BCUT2D eigenvalue weighted by Crippen LogP contribution is 2.08. The van der Waals surface area contributed by atoms with Crippen molar-refractivity contribution in [2.24, 2.45) is 0 Å². The molecule has 0 atom stereocenters. The Labute approximate surface area is 124 Å². The van der Waals surface area contributed by atoms with Crippen LogP contribution in [0.2, 0.25) is 0 Å². The van der Waals surface area contributed by atoms with Gasteiger partial charge in [0, 0.05) is 19.8 Å². The zero-order valence-corrected chi connectivity index (χ0v) is 12.5. The van der Waals surface area contributed by atoms with Crippen molar-refractivity contribution in [2.75, 3.05) is 13.2 Å². The number of esters is 1. The third-order valence-corrected chi connectivity index (χ3v) is 2.83. The Morgan fingerprint density at radius 1 is 1.14 bits per heavy atom. The summed E-state index contributed by atoms with van der Waals surface area (Å²) in [6.45, 7) is 3.80. The van der Waals surface area contributed by atoms with E-state index in [9.17, 15) is 14.4 Å². The van der Waals surface area contributed by atoms with Gasteiger partial charge in [-0.1, -0.05) is 19.1 Å². The van der Waals surface area contributed by atoms with Crippen LogP contribution in [-0.2, 0) is 20.7 Å². The normalized spacial score (nSPS) is 10.0. The van der Waals surface area contributed by atoms with Crippen molar-refractivity contribution in [1.29, 1.82) is 0 Å². The Hall–Kier alpha value is -2.17. The van der Waals surface area contributed by atoms with Crippen molar-refractivity contribution in [3.05, 3.63) is 35.4 Å². The standard InChI is InChI=1S/C16H21NO4/c1-3-4-15(19)11-13-5-7-14(8-6-13)16(20)21-10-9-17-12(2)18/h5-8H,3-4,9-11H2,1-2H3,(H,17,18). The minimum absolute atomic E-state index is 0.134. The molecule has 5 nitrogen and oxygen atoms in total. The molecular weight excluding hydrogens is 270 g/mol. The SMILES string of the molecule is CCCC(=O)Cc1ccc(C(=O)OCCNC(C)=O)cc1. The van der Waals surface area contributed by atoms with Gasteiger partial charge in [-0.05, 0) is 24.1 Å². The lowest BCUT2D eigenvalue weighted by atomic mass is 10.0. The van der Waals surface area contributed by atoms with Gasteiger partial charge in [0.2, 0.25) is 5.91 Å². The number of ketones is 1. The molecule has 0 heterocycles. The summed E-state index contributed by atoms with van der Waals surface area (Å²) in [6, 6.07) is 6.82. The van der Waals surface area contributed by atoms with Crippen LogP contribution in [0.15, 0.2) is 24.3 Å². The molecule has 0 radical (unpaired) electrons. The van der Waals surface area contributed by atoms with Crippen molar-refractivity contribution in [3.8, 4) is 0 Å². The molecule has 21 heavy (non-hydrogen) atoms. The van der Waals surface area contributed by atoms with Gasteiger partial charge in [-0.25, -0.2) is 4.79 Å². The van der Waals surface area contributed by atoms with Gasteiger partial charge < -0.3 is 10.1 Å². The van der Waals surface area contributed by atoms with Crippen LogP contribution in [0, 0.1) is 0 Å². The van der Waals surface area contributed by atoms with E-state index < -0.39 is 5.97 Å². The van der Waals surface area contributed by atoms with E-state index in [2.05, 4.69) is 5.32 Å². The molecule has 0 saturated heterocycles. The smallest absolute Gasteiger partial charge is 0.338 e. The molecule has 0 aliphatic rings. The summed E-state index contributed by atoms with van der Waals surface area (Å²) in [5, 5.41) is 2.54. The number of carbonyl (C=O) groups is 3. The molecule has 1 N–H and O–H groups in total. The van der Waals surface area contributed by atoms with E-state index in [1.165, 1.54) is 6.92 Å². The van der Waals surface area contributed by atoms with Crippen LogP contribution in [0.1, 0.15) is 42.6 Å². The molecular formula is C16H21NO4. The van der Waals surface area contributed by atoms with E-state index in [1.54, 1.807) is 24.3 Å². The second kappa shape index (κ2) is 8.89. The highest BCUT2D eigenvalue weighted by atomic mass is 16.5. The Morgan fingerprint density at radius 2 is 1.81 bits per heavy atom. The Kier molecular flexibility index (Phi) is 7.15. The molecule has 0 unspecified atom stereocenters. The predicted octanol–water partition coefficient (Wildman–Crippen LogP) is 1.89. The first-order valence-corrected chi connectivity index (χ1v) is 7.05. The second-order valence-electron chi connectivity index (χ2n) is 4.78. The van der Waals surface area contributed by atoms with Crippen LogP contribution in [-0.4, -0.2) is 30.8 Å². The number of hydrogen-bond acceptors (Lipinski definition) is 4. The quantitative estimate of drug-likeness (QED) is 0.586. The highest BCUT2D eigenvalue weighted by molar-refractivity contribution is 5.89. The summed E-state index contributed by atoms with van der Waals surface area (Å²) in [4.78, 5) is 33.9. The van der Waals surface area contributed by atoms with E-state index in [0.29, 0.717) is 24.9 Å². The van der Waals surface area contributed by atoms with Gasteiger partial charge in [0.15, 0.2) is 0 Å². The molecule has 1 aromatic carbocycles. The predicted molar refractivity (Wildman–Crippen MR) is 79.0 cm³/mol. The first kappa shape index (κ1) is 16.9. The Balaban J connectivity index is 2.44. The van der Waals surface area contributed by atoms with Gasteiger partial charge in [-0.2, -0.15) is 0 Å².